The number of non-ortho nitro benzene ring substituents is 2. The molecule has 0 aliphatic rings. The molecule has 3 rings (SSSR count). The molecule has 0 fully saturated rings. The van der Waals surface area contributed by atoms with Gasteiger partial charge in [0, 0.05) is 57.9 Å². The minimum absolute atomic E-state index is 0.0784. The number of nitro groups is 2. The summed E-state index contributed by atoms with van der Waals surface area (Å²) in [6.07, 6.45) is 2.88. The molecule has 0 N–H and O–H groups in total. The van der Waals surface area contributed by atoms with Gasteiger partial charge in [0.05, 0.1) is 21.2 Å². The Morgan fingerprint density at radius 2 is 1.03 bits per heavy atom. The summed E-state index contributed by atoms with van der Waals surface area (Å²) in [7, 11) is 0. The van der Waals surface area contributed by atoms with Crippen LogP contribution in [0.1, 0.15) is 11.1 Å². The maximum Gasteiger partial charge on any atom is 0.270 e. The summed E-state index contributed by atoms with van der Waals surface area (Å²) in [5.41, 5.74) is 1.87. The van der Waals surface area contributed by atoms with Crippen LogP contribution in [0.5, 0.6) is 0 Å². The molecule has 0 radical (unpaired) electrons. The molecule has 0 aliphatic carbocycles. The highest BCUT2D eigenvalue weighted by molar-refractivity contribution is 6.33. The van der Waals surface area contributed by atoms with Gasteiger partial charge in [-0.25, -0.2) is 0 Å². The standard InChI is InChI=1S/C20H12Cl2N4O4/c21-19-7-5-17(25(27)28)9-13(19)11-23-15-1-2-16(4-3-15)24-12-14-10-18(26(29)30)6-8-20(14)22/h1-12H. The third-order valence-electron chi connectivity index (χ3n) is 3.94. The fourth-order valence-electron chi connectivity index (χ4n) is 2.40. The van der Waals surface area contributed by atoms with Crippen molar-refractivity contribution in [3.63, 3.8) is 0 Å². The van der Waals surface area contributed by atoms with Crippen LogP contribution in [0.15, 0.2) is 70.6 Å². The van der Waals surface area contributed by atoms with Gasteiger partial charge >= 0.3 is 0 Å². The lowest BCUT2D eigenvalue weighted by atomic mass is 10.2. The van der Waals surface area contributed by atoms with Crippen LogP contribution in [0.2, 0.25) is 10.0 Å². The fraction of sp³-hybridized carbons (Fsp3) is 0. The van der Waals surface area contributed by atoms with E-state index in [1.807, 2.05) is 0 Å². The van der Waals surface area contributed by atoms with Crippen LogP contribution < -0.4 is 0 Å². The Kier molecular flexibility index (Phi) is 6.51. The van der Waals surface area contributed by atoms with Gasteiger partial charge in [-0.3, -0.25) is 30.2 Å². The zero-order valence-corrected chi connectivity index (χ0v) is 16.6. The van der Waals surface area contributed by atoms with Gasteiger partial charge in [-0.1, -0.05) is 23.2 Å². The number of nitrogens with zero attached hydrogens (tertiary/aromatic N) is 4. The maximum absolute atomic E-state index is 10.9. The van der Waals surface area contributed by atoms with Crippen molar-refractivity contribution in [3.05, 3.63) is 102 Å². The van der Waals surface area contributed by atoms with E-state index in [2.05, 4.69) is 9.98 Å². The molecule has 0 saturated heterocycles. The minimum Gasteiger partial charge on any atom is -0.258 e. The molecule has 150 valence electrons. The normalized spacial score (nSPS) is 11.3. The molecule has 3 aromatic carbocycles. The molecule has 0 amide bonds. The average molecular weight is 443 g/mol. The third-order valence-corrected chi connectivity index (χ3v) is 4.62. The highest BCUT2D eigenvalue weighted by Gasteiger charge is 2.09. The van der Waals surface area contributed by atoms with E-state index in [4.69, 9.17) is 23.2 Å². The molecule has 0 aromatic heterocycles. The molecule has 0 bridgehead atoms. The van der Waals surface area contributed by atoms with Crippen LogP contribution in [0.3, 0.4) is 0 Å². The molecule has 0 unspecified atom stereocenters. The molecule has 30 heavy (non-hydrogen) atoms. The first kappa shape index (κ1) is 21.1. The van der Waals surface area contributed by atoms with Crippen molar-refractivity contribution in [1.29, 1.82) is 0 Å². The summed E-state index contributed by atoms with van der Waals surface area (Å²) >= 11 is 12.1. The molecule has 0 heterocycles. The summed E-state index contributed by atoms with van der Waals surface area (Å²) in [4.78, 5) is 29.3. The Hall–Kier alpha value is -3.62. The SMILES string of the molecule is O=[N+]([O-])c1ccc(Cl)c(C=Nc2ccc(N=Cc3cc([N+](=O)[O-])ccc3Cl)cc2)c1. The summed E-state index contributed by atoms with van der Waals surface area (Å²) in [5.74, 6) is 0. The number of halogens is 2. The van der Waals surface area contributed by atoms with Crippen LogP contribution in [-0.2, 0) is 0 Å². The largest absolute Gasteiger partial charge is 0.270 e. The molecular formula is C20H12Cl2N4O4. The molecule has 8 nitrogen and oxygen atoms in total. The first-order valence-electron chi connectivity index (χ1n) is 8.39. The van der Waals surface area contributed by atoms with Crippen LogP contribution in [0.25, 0.3) is 0 Å². The van der Waals surface area contributed by atoms with Crippen molar-refractivity contribution >= 4 is 58.4 Å². The number of benzene rings is 3. The van der Waals surface area contributed by atoms with Crippen molar-refractivity contribution in [2.45, 2.75) is 0 Å². The predicted octanol–water partition coefficient (Wildman–Crippen LogP) is 6.31. The maximum atomic E-state index is 10.9. The smallest absolute Gasteiger partial charge is 0.258 e. The van der Waals surface area contributed by atoms with Gasteiger partial charge in [0.1, 0.15) is 0 Å². The molecule has 0 saturated carbocycles. The van der Waals surface area contributed by atoms with Gasteiger partial charge in [0.2, 0.25) is 0 Å². The fourth-order valence-corrected chi connectivity index (χ4v) is 2.73. The van der Waals surface area contributed by atoms with E-state index in [0.29, 0.717) is 32.5 Å². The lowest BCUT2D eigenvalue weighted by Crippen LogP contribution is -1.91. The van der Waals surface area contributed by atoms with E-state index in [9.17, 15) is 20.2 Å². The zero-order valence-electron chi connectivity index (χ0n) is 15.1. The van der Waals surface area contributed by atoms with E-state index in [1.54, 1.807) is 24.3 Å². The average Bonchev–Trinajstić information content (AvgIpc) is 2.73. The monoisotopic (exact) mass is 442 g/mol. The zero-order chi connectivity index (χ0) is 21.7. The Labute approximate surface area is 180 Å². The number of hydrogen-bond acceptors (Lipinski definition) is 6. The van der Waals surface area contributed by atoms with Crippen molar-refractivity contribution in [1.82, 2.24) is 0 Å². The summed E-state index contributed by atoms with van der Waals surface area (Å²) in [6.45, 7) is 0. The van der Waals surface area contributed by atoms with Gasteiger partial charge in [0.15, 0.2) is 0 Å². The molecule has 0 atom stereocenters. The van der Waals surface area contributed by atoms with Crippen LogP contribution in [-0.4, -0.2) is 22.3 Å². The summed E-state index contributed by atoms with van der Waals surface area (Å²) < 4.78 is 0. The van der Waals surface area contributed by atoms with Gasteiger partial charge in [-0.05, 0) is 36.4 Å². The van der Waals surface area contributed by atoms with E-state index in [0.717, 1.165) is 0 Å². The molecular weight excluding hydrogens is 431 g/mol. The van der Waals surface area contributed by atoms with Crippen molar-refractivity contribution in [3.8, 4) is 0 Å². The second kappa shape index (κ2) is 9.25. The van der Waals surface area contributed by atoms with Crippen LogP contribution in [0.4, 0.5) is 22.7 Å². The Balaban J connectivity index is 1.76. The molecule has 3 aromatic rings. The third kappa shape index (κ3) is 5.25. The number of rotatable bonds is 6. The quantitative estimate of drug-likeness (QED) is 0.252. The van der Waals surface area contributed by atoms with Crippen molar-refractivity contribution < 1.29 is 9.85 Å². The number of aliphatic imine (C=N–C) groups is 2. The van der Waals surface area contributed by atoms with Gasteiger partial charge < -0.3 is 0 Å². The highest BCUT2D eigenvalue weighted by Crippen LogP contribution is 2.24. The van der Waals surface area contributed by atoms with Gasteiger partial charge in [-0.2, -0.15) is 0 Å². The lowest BCUT2D eigenvalue weighted by molar-refractivity contribution is -0.385. The molecule has 10 heteroatoms. The second-order valence-corrected chi connectivity index (χ2v) is 6.77. The van der Waals surface area contributed by atoms with Gasteiger partial charge in [-0.15, -0.1) is 0 Å². The second-order valence-electron chi connectivity index (χ2n) is 5.96. The summed E-state index contributed by atoms with van der Waals surface area (Å²) in [6, 6.07) is 15.0. The van der Waals surface area contributed by atoms with Gasteiger partial charge in [0.25, 0.3) is 11.4 Å². The first-order chi connectivity index (χ1) is 14.3. The van der Waals surface area contributed by atoms with Crippen molar-refractivity contribution in [2.75, 3.05) is 0 Å². The Morgan fingerprint density at radius 1 is 0.667 bits per heavy atom. The Bertz CT molecular complexity index is 1090. The van der Waals surface area contributed by atoms with E-state index in [1.165, 1.54) is 48.8 Å². The van der Waals surface area contributed by atoms with Crippen LogP contribution in [0, 0.1) is 20.2 Å². The van der Waals surface area contributed by atoms with E-state index < -0.39 is 9.85 Å². The first-order valence-corrected chi connectivity index (χ1v) is 9.15. The van der Waals surface area contributed by atoms with Crippen molar-refractivity contribution in [2.24, 2.45) is 9.98 Å². The molecule has 0 aliphatic heterocycles. The van der Waals surface area contributed by atoms with E-state index >= 15 is 0 Å². The highest BCUT2D eigenvalue weighted by atomic mass is 35.5. The van der Waals surface area contributed by atoms with Crippen LogP contribution >= 0.6 is 23.2 Å². The number of nitro benzene ring substituents is 2. The molecule has 0 spiro atoms. The topological polar surface area (TPSA) is 111 Å². The Morgan fingerprint density at radius 3 is 1.37 bits per heavy atom. The number of hydrogen-bond donors (Lipinski definition) is 0. The predicted molar refractivity (Wildman–Crippen MR) is 117 cm³/mol. The van der Waals surface area contributed by atoms with E-state index in [-0.39, 0.29) is 11.4 Å². The summed E-state index contributed by atoms with van der Waals surface area (Å²) in [5, 5.41) is 22.4. The minimum atomic E-state index is -0.506. The lowest BCUT2D eigenvalue weighted by Gasteiger charge is -2.00.